The first-order chi connectivity index (χ1) is 3.80. The van der Waals surface area contributed by atoms with E-state index in [1.807, 2.05) is 6.07 Å². The molecule has 0 unspecified atom stereocenters. The summed E-state index contributed by atoms with van der Waals surface area (Å²) >= 11 is 9.61. The highest BCUT2D eigenvalue weighted by Crippen LogP contribution is 2.16. The van der Waals surface area contributed by atoms with Crippen molar-refractivity contribution in [3.8, 4) is 0 Å². The minimum atomic E-state index is 0.649. The number of benzene rings is 1. The lowest BCUT2D eigenvalue weighted by Crippen LogP contribution is -1.64. The van der Waals surface area contributed by atoms with Crippen LogP contribution in [0.2, 0.25) is 5.02 Å². The molecule has 1 rings (SSSR count). The Morgan fingerprint density at radius 3 is 2.75 bits per heavy atom. The zero-order valence-electron chi connectivity index (χ0n) is 4.06. The molecule has 0 spiro atoms. The highest BCUT2D eigenvalue weighted by atomic mass is 35.5. The quantitative estimate of drug-likeness (QED) is 0.530. The summed E-state index contributed by atoms with van der Waals surface area (Å²) in [6.07, 6.45) is 0. The second-order valence-corrected chi connectivity index (χ2v) is 2.22. The molecule has 2 heteroatoms. The van der Waals surface area contributed by atoms with Gasteiger partial charge in [-0.25, -0.2) is 0 Å². The van der Waals surface area contributed by atoms with Crippen molar-refractivity contribution < 1.29 is 0 Å². The van der Waals surface area contributed by atoms with E-state index in [1.54, 1.807) is 12.1 Å². The number of rotatable bonds is 0. The maximum Gasteiger partial charge on any atom is 0.0545 e. The molecule has 0 atom stereocenters. The summed E-state index contributed by atoms with van der Waals surface area (Å²) < 4.78 is 0. The zero-order chi connectivity index (χ0) is 5.98. The minimum absolute atomic E-state index is 0.649. The van der Waals surface area contributed by atoms with Crippen molar-refractivity contribution in [3.63, 3.8) is 0 Å². The Bertz CT molecular complexity index is 165. The molecule has 1 aromatic carbocycles. The number of hydrogen-bond acceptors (Lipinski definition) is 1. The minimum Gasteiger partial charge on any atom is -0.141 e. The van der Waals surface area contributed by atoms with Gasteiger partial charge in [-0.3, -0.25) is 0 Å². The van der Waals surface area contributed by atoms with Gasteiger partial charge in [0.15, 0.2) is 0 Å². The van der Waals surface area contributed by atoms with Crippen LogP contribution in [0.4, 0.5) is 0 Å². The smallest absolute Gasteiger partial charge is 0.0545 e. The molecule has 0 aromatic heterocycles. The Morgan fingerprint density at radius 1 is 1.62 bits per heavy atom. The standard InChI is InChI=1S/C6H4ClS/c7-5-3-1-2-4-6(5)8/h1-3,8H. The molecule has 0 aliphatic heterocycles. The van der Waals surface area contributed by atoms with E-state index in [0.29, 0.717) is 9.92 Å². The van der Waals surface area contributed by atoms with Crippen LogP contribution in [0, 0.1) is 6.07 Å². The van der Waals surface area contributed by atoms with E-state index in [-0.39, 0.29) is 0 Å². The van der Waals surface area contributed by atoms with Crippen molar-refractivity contribution in [1.29, 1.82) is 0 Å². The lowest BCUT2D eigenvalue weighted by atomic mass is 10.4. The molecule has 0 saturated heterocycles. The molecule has 0 fully saturated rings. The topological polar surface area (TPSA) is 0 Å². The van der Waals surface area contributed by atoms with Gasteiger partial charge in [0.05, 0.1) is 5.02 Å². The molecule has 1 radical (unpaired) electrons. The Balaban J connectivity index is 3.13. The third-order valence-electron chi connectivity index (χ3n) is 0.785. The highest BCUT2D eigenvalue weighted by Gasteiger charge is 1.88. The van der Waals surface area contributed by atoms with Crippen molar-refractivity contribution in [2.24, 2.45) is 0 Å². The average molecular weight is 144 g/mol. The van der Waals surface area contributed by atoms with Crippen molar-refractivity contribution >= 4 is 24.2 Å². The van der Waals surface area contributed by atoms with E-state index in [0.717, 1.165) is 0 Å². The van der Waals surface area contributed by atoms with Crippen LogP contribution in [0.1, 0.15) is 0 Å². The van der Waals surface area contributed by atoms with Crippen LogP contribution in [0.5, 0.6) is 0 Å². The van der Waals surface area contributed by atoms with Crippen LogP contribution in [0.3, 0.4) is 0 Å². The normalized spacial score (nSPS) is 9.25. The Labute approximate surface area is 58.9 Å². The molecule has 41 valence electrons. The zero-order valence-corrected chi connectivity index (χ0v) is 5.71. The number of hydrogen-bond donors (Lipinski definition) is 1. The summed E-state index contributed by atoms with van der Waals surface area (Å²) in [4.78, 5) is 0.703. The third kappa shape index (κ3) is 1.17. The van der Waals surface area contributed by atoms with Gasteiger partial charge >= 0.3 is 0 Å². The van der Waals surface area contributed by atoms with Crippen LogP contribution < -0.4 is 0 Å². The SMILES string of the molecule is Sc1[c]cccc1Cl. The van der Waals surface area contributed by atoms with Crippen molar-refractivity contribution in [2.75, 3.05) is 0 Å². The number of halogens is 1. The van der Waals surface area contributed by atoms with Crippen molar-refractivity contribution in [2.45, 2.75) is 4.90 Å². The Hall–Kier alpha value is -0.140. The van der Waals surface area contributed by atoms with E-state index in [2.05, 4.69) is 18.7 Å². The van der Waals surface area contributed by atoms with Gasteiger partial charge in [0.2, 0.25) is 0 Å². The first-order valence-corrected chi connectivity index (χ1v) is 2.98. The Kier molecular flexibility index (Phi) is 1.81. The lowest BCUT2D eigenvalue weighted by molar-refractivity contribution is 1.46. The van der Waals surface area contributed by atoms with Crippen molar-refractivity contribution in [1.82, 2.24) is 0 Å². The van der Waals surface area contributed by atoms with Crippen LogP contribution >= 0.6 is 24.2 Å². The fourth-order valence-electron chi connectivity index (χ4n) is 0.408. The first kappa shape index (κ1) is 5.99. The van der Waals surface area contributed by atoms with E-state index >= 15 is 0 Å². The van der Waals surface area contributed by atoms with E-state index in [9.17, 15) is 0 Å². The summed E-state index contributed by atoms with van der Waals surface area (Å²) in [5.74, 6) is 0. The van der Waals surface area contributed by atoms with E-state index in [4.69, 9.17) is 11.6 Å². The van der Waals surface area contributed by atoms with Crippen molar-refractivity contribution in [3.05, 3.63) is 29.3 Å². The third-order valence-corrected chi connectivity index (χ3v) is 1.60. The lowest BCUT2D eigenvalue weighted by Gasteiger charge is -1.89. The first-order valence-electron chi connectivity index (χ1n) is 2.16. The highest BCUT2D eigenvalue weighted by molar-refractivity contribution is 7.80. The fourth-order valence-corrected chi connectivity index (χ4v) is 0.684. The summed E-state index contributed by atoms with van der Waals surface area (Å²) in [5, 5.41) is 0.649. The molecule has 8 heavy (non-hydrogen) atoms. The molecular weight excluding hydrogens is 140 g/mol. The molecule has 0 aliphatic rings. The van der Waals surface area contributed by atoms with E-state index < -0.39 is 0 Å². The van der Waals surface area contributed by atoms with Crippen LogP contribution in [-0.2, 0) is 0 Å². The number of thiol groups is 1. The monoisotopic (exact) mass is 143 g/mol. The largest absolute Gasteiger partial charge is 0.141 e. The van der Waals surface area contributed by atoms with Gasteiger partial charge in [0, 0.05) is 4.90 Å². The maximum atomic E-state index is 5.60. The Morgan fingerprint density at radius 2 is 2.38 bits per heavy atom. The molecule has 0 N–H and O–H groups in total. The summed E-state index contributed by atoms with van der Waals surface area (Å²) in [7, 11) is 0. The van der Waals surface area contributed by atoms with Gasteiger partial charge in [0.25, 0.3) is 0 Å². The molecule has 0 saturated carbocycles. The van der Waals surface area contributed by atoms with Gasteiger partial charge in [-0.2, -0.15) is 0 Å². The average Bonchev–Trinajstić information content (AvgIpc) is 1.77. The van der Waals surface area contributed by atoms with Crippen LogP contribution in [0.15, 0.2) is 23.1 Å². The molecule has 0 bridgehead atoms. The van der Waals surface area contributed by atoms with Gasteiger partial charge in [-0.15, -0.1) is 12.6 Å². The molecule has 0 nitrogen and oxygen atoms in total. The summed E-state index contributed by atoms with van der Waals surface area (Å²) in [6.45, 7) is 0. The molecule has 0 heterocycles. The van der Waals surface area contributed by atoms with Crippen LogP contribution in [0.25, 0.3) is 0 Å². The second kappa shape index (κ2) is 2.42. The molecule has 0 amide bonds. The van der Waals surface area contributed by atoms with E-state index in [1.165, 1.54) is 0 Å². The molecular formula is C6H4ClS. The fraction of sp³-hybridized carbons (Fsp3) is 0. The maximum absolute atomic E-state index is 5.60. The predicted molar refractivity (Wildman–Crippen MR) is 37.5 cm³/mol. The summed E-state index contributed by atoms with van der Waals surface area (Å²) in [6, 6.07) is 8.20. The van der Waals surface area contributed by atoms with Gasteiger partial charge in [0.1, 0.15) is 0 Å². The molecule has 1 aromatic rings. The van der Waals surface area contributed by atoms with Crippen LogP contribution in [-0.4, -0.2) is 0 Å². The second-order valence-electron chi connectivity index (χ2n) is 1.37. The van der Waals surface area contributed by atoms with Gasteiger partial charge in [-0.1, -0.05) is 23.7 Å². The predicted octanol–water partition coefficient (Wildman–Crippen LogP) is 2.43. The molecule has 0 aliphatic carbocycles. The van der Waals surface area contributed by atoms with Gasteiger partial charge in [-0.05, 0) is 12.1 Å². The van der Waals surface area contributed by atoms with Gasteiger partial charge < -0.3 is 0 Å². The summed E-state index contributed by atoms with van der Waals surface area (Å²) in [5.41, 5.74) is 0.